The number of nitrogens with zero attached hydrogens (tertiary/aromatic N) is 1. The van der Waals surface area contributed by atoms with Gasteiger partial charge in [-0.1, -0.05) is 25.5 Å². The molecule has 2 nitrogen and oxygen atoms in total. The standard InChI is InChI=1S/C15H23IN2/c1-3-4-15-9-17-12(2)10-18(15)11-13-5-7-14(16)8-6-13/h5-8,12,15,17H,3-4,9-11H2,1-2H3. The van der Waals surface area contributed by atoms with Crippen LogP contribution < -0.4 is 5.32 Å². The van der Waals surface area contributed by atoms with Crippen molar-refractivity contribution in [3.05, 3.63) is 33.4 Å². The summed E-state index contributed by atoms with van der Waals surface area (Å²) < 4.78 is 1.31. The molecule has 1 fully saturated rings. The van der Waals surface area contributed by atoms with E-state index < -0.39 is 0 Å². The second kappa shape index (κ2) is 6.87. The zero-order valence-corrected chi connectivity index (χ0v) is 13.5. The highest BCUT2D eigenvalue weighted by molar-refractivity contribution is 14.1. The van der Waals surface area contributed by atoms with Crippen molar-refractivity contribution in [2.45, 2.75) is 45.3 Å². The van der Waals surface area contributed by atoms with E-state index in [-0.39, 0.29) is 0 Å². The fraction of sp³-hybridized carbons (Fsp3) is 0.600. The van der Waals surface area contributed by atoms with Crippen molar-refractivity contribution in [3.8, 4) is 0 Å². The Morgan fingerprint density at radius 2 is 2.06 bits per heavy atom. The zero-order chi connectivity index (χ0) is 13.0. The molecule has 1 aliphatic rings. The third-order valence-electron chi connectivity index (χ3n) is 3.65. The van der Waals surface area contributed by atoms with Gasteiger partial charge in [-0.2, -0.15) is 0 Å². The molecule has 3 heteroatoms. The van der Waals surface area contributed by atoms with Gasteiger partial charge >= 0.3 is 0 Å². The van der Waals surface area contributed by atoms with Gasteiger partial charge in [0.1, 0.15) is 0 Å². The first kappa shape index (κ1) is 14.3. The average Bonchev–Trinajstić information content (AvgIpc) is 2.36. The maximum Gasteiger partial charge on any atom is 0.0237 e. The molecule has 0 bridgehead atoms. The second-order valence-corrected chi connectivity index (χ2v) is 6.55. The molecule has 18 heavy (non-hydrogen) atoms. The van der Waals surface area contributed by atoms with E-state index in [1.807, 2.05) is 0 Å². The SMILES string of the molecule is CCCC1CNC(C)CN1Cc1ccc(I)cc1. The highest BCUT2D eigenvalue weighted by Crippen LogP contribution is 2.17. The van der Waals surface area contributed by atoms with Crippen LogP contribution in [0.2, 0.25) is 0 Å². The van der Waals surface area contributed by atoms with Gasteiger partial charge in [-0.3, -0.25) is 4.90 Å². The van der Waals surface area contributed by atoms with Crippen LogP contribution in [0, 0.1) is 3.57 Å². The predicted molar refractivity (Wildman–Crippen MR) is 85.7 cm³/mol. The molecule has 1 heterocycles. The minimum Gasteiger partial charge on any atom is -0.311 e. The lowest BCUT2D eigenvalue weighted by Gasteiger charge is -2.39. The highest BCUT2D eigenvalue weighted by atomic mass is 127. The first-order valence-electron chi connectivity index (χ1n) is 6.91. The number of piperazine rings is 1. The van der Waals surface area contributed by atoms with E-state index in [0.717, 1.165) is 19.6 Å². The van der Waals surface area contributed by atoms with Crippen molar-refractivity contribution in [3.63, 3.8) is 0 Å². The van der Waals surface area contributed by atoms with Crippen LogP contribution in [-0.4, -0.2) is 30.1 Å². The lowest BCUT2D eigenvalue weighted by molar-refractivity contribution is 0.120. The van der Waals surface area contributed by atoms with Gasteiger partial charge in [0.2, 0.25) is 0 Å². The number of hydrogen-bond acceptors (Lipinski definition) is 2. The van der Waals surface area contributed by atoms with Gasteiger partial charge in [0.25, 0.3) is 0 Å². The number of nitrogens with one attached hydrogen (secondary N) is 1. The maximum atomic E-state index is 3.60. The summed E-state index contributed by atoms with van der Waals surface area (Å²) in [6.07, 6.45) is 2.56. The van der Waals surface area contributed by atoms with E-state index >= 15 is 0 Å². The topological polar surface area (TPSA) is 15.3 Å². The van der Waals surface area contributed by atoms with Crippen molar-refractivity contribution in [2.75, 3.05) is 13.1 Å². The predicted octanol–water partition coefficient (Wildman–Crippen LogP) is 3.25. The van der Waals surface area contributed by atoms with Crippen LogP contribution in [0.3, 0.4) is 0 Å². The summed E-state index contributed by atoms with van der Waals surface area (Å²) in [7, 11) is 0. The van der Waals surface area contributed by atoms with Crippen LogP contribution in [-0.2, 0) is 6.54 Å². The van der Waals surface area contributed by atoms with Gasteiger partial charge < -0.3 is 5.32 Å². The molecule has 1 N–H and O–H groups in total. The van der Waals surface area contributed by atoms with E-state index in [1.165, 1.54) is 22.0 Å². The van der Waals surface area contributed by atoms with Crippen LogP contribution >= 0.6 is 22.6 Å². The summed E-state index contributed by atoms with van der Waals surface area (Å²) in [6, 6.07) is 10.2. The summed E-state index contributed by atoms with van der Waals surface area (Å²) in [5, 5.41) is 3.60. The van der Waals surface area contributed by atoms with E-state index in [1.54, 1.807) is 0 Å². The molecule has 0 aliphatic carbocycles. The first-order valence-corrected chi connectivity index (χ1v) is 7.98. The molecule has 1 aliphatic heterocycles. The van der Waals surface area contributed by atoms with Crippen molar-refractivity contribution in [2.24, 2.45) is 0 Å². The molecule has 2 unspecified atom stereocenters. The Balaban J connectivity index is 2.01. The number of halogens is 1. The molecule has 2 atom stereocenters. The lowest BCUT2D eigenvalue weighted by atomic mass is 10.0. The van der Waals surface area contributed by atoms with Gasteiger partial charge in [0.05, 0.1) is 0 Å². The maximum absolute atomic E-state index is 3.60. The Morgan fingerprint density at radius 1 is 1.33 bits per heavy atom. The number of hydrogen-bond donors (Lipinski definition) is 1. The summed E-state index contributed by atoms with van der Waals surface area (Å²) >= 11 is 2.36. The molecule has 2 rings (SSSR count). The smallest absolute Gasteiger partial charge is 0.0237 e. The quantitative estimate of drug-likeness (QED) is 0.832. The Bertz CT molecular complexity index is 363. The molecular weight excluding hydrogens is 335 g/mol. The Hall–Kier alpha value is -0.130. The van der Waals surface area contributed by atoms with Crippen molar-refractivity contribution in [1.82, 2.24) is 10.2 Å². The highest BCUT2D eigenvalue weighted by Gasteiger charge is 2.24. The van der Waals surface area contributed by atoms with Crippen LogP contribution in [0.5, 0.6) is 0 Å². The van der Waals surface area contributed by atoms with Crippen LogP contribution in [0.1, 0.15) is 32.3 Å². The van der Waals surface area contributed by atoms with Gasteiger partial charge in [-0.05, 0) is 53.6 Å². The third-order valence-corrected chi connectivity index (χ3v) is 4.37. The molecule has 100 valence electrons. The van der Waals surface area contributed by atoms with Crippen molar-refractivity contribution in [1.29, 1.82) is 0 Å². The minimum absolute atomic E-state index is 0.613. The summed E-state index contributed by atoms with van der Waals surface area (Å²) in [6.45, 7) is 7.95. The molecule has 0 radical (unpaired) electrons. The van der Waals surface area contributed by atoms with Gasteiger partial charge in [-0.15, -0.1) is 0 Å². The molecule has 0 saturated carbocycles. The van der Waals surface area contributed by atoms with Gasteiger partial charge in [-0.25, -0.2) is 0 Å². The summed E-state index contributed by atoms with van der Waals surface area (Å²) in [4.78, 5) is 2.65. The number of benzene rings is 1. The van der Waals surface area contributed by atoms with Crippen LogP contribution in [0.15, 0.2) is 24.3 Å². The minimum atomic E-state index is 0.613. The second-order valence-electron chi connectivity index (χ2n) is 5.31. The van der Waals surface area contributed by atoms with Crippen LogP contribution in [0.4, 0.5) is 0 Å². The van der Waals surface area contributed by atoms with Crippen molar-refractivity contribution >= 4 is 22.6 Å². The molecule has 1 saturated heterocycles. The summed E-state index contributed by atoms with van der Waals surface area (Å²) in [5.41, 5.74) is 1.44. The van der Waals surface area contributed by atoms with Gasteiger partial charge in [0, 0.05) is 35.3 Å². The lowest BCUT2D eigenvalue weighted by Crippen LogP contribution is -2.54. The molecule has 1 aromatic carbocycles. The Kier molecular flexibility index (Phi) is 5.45. The molecule has 1 aromatic rings. The van der Waals surface area contributed by atoms with Crippen LogP contribution in [0.25, 0.3) is 0 Å². The monoisotopic (exact) mass is 358 g/mol. The molecular formula is C15H23IN2. The molecule has 0 amide bonds. The Morgan fingerprint density at radius 3 is 2.72 bits per heavy atom. The van der Waals surface area contributed by atoms with Gasteiger partial charge in [0.15, 0.2) is 0 Å². The van der Waals surface area contributed by atoms with Crippen molar-refractivity contribution < 1.29 is 0 Å². The molecule has 0 aromatic heterocycles. The normalized spacial score (nSPS) is 25.3. The van der Waals surface area contributed by atoms with E-state index in [0.29, 0.717) is 12.1 Å². The molecule has 0 spiro atoms. The average molecular weight is 358 g/mol. The fourth-order valence-corrected chi connectivity index (χ4v) is 3.03. The Labute approximate surface area is 124 Å². The first-order chi connectivity index (χ1) is 8.69. The van der Waals surface area contributed by atoms with E-state index in [9.17, 15) is 0 Å². The summed E-state index contributed by atoms with van der Waals surface area (Å²) in [5.74, 6) is 0. The zero-order valence-electron chi connectivity index (χ0n) is 11.3. The van der Waals surface area contributed by atoms with E-state index in [4.69, 9.17) is 0 Å². The largest absolute Gasteiger partial charge is 0.311 e. The van der Waals surface area contributed by atoms with E-state index in [2.05, 4.69) is 70.9 Å². The number of rotatable bonds is 4. The fourth-order valence-electron chi connectivity index (χ4n) is 2.67. The third kappa shape index (κ3) is 3.93.